The third-order valence-electron chi connectivity index (χ3n) is 5.91. The van der Waals surface area contributed by atoms with Crippen LogP contribution in [-0.4, -0.2) is 53.8 Å². The molecular weight excluding hydrogens is 368 g/mol. The number of amides is 4. The lowest BCUT2D eigenvalue weighted by atomic mass is 9.96. The highest BCUT2D eigenvalue weighted by Crippen LogP contribution is 2.17. The standard InChI is InChI=1S/C22H34N4O3/c27-20-10-8-17(9-11-20)5-4-14-23-22(29)26-15-12-19(13-16-26)25-21(28)24-18-6-2-1-3-7-18/h8-11,18-19,27H,1-7,12-16H2,(H,23,29)(H2,24,25,28). The Labute approximate surface area is 173 Å². The van der Waals surface area contributed by atoms with Crippen molar-refractivity contribution in [2.75, 3.05) is 19.6 Å². The van der Waals surface area contributed by atoms with Gasteiger partial charge in [0.25, 0.3) is 0 Å². The minimum atomic E-state index is -0.0611. The fraction of sp³-hybridized carbons (Fsp3) is 0.636. The van der Waals surface area contributed by atoms with Crippen LogP contribution in [0.4, 0.5) is 9.59 Å². The molecule has 1 aromatic carbocycles. The van der Waals surface area contributed by atoms with Gasteiger partial charge in [-0.1, -0.05) is 31.4 Å². The Bertz CT molecular complexity index is 651. The van der Waals surface area contributed by atoms with E-state index in [4.69, 9.17) is 0 Å². The van der Waals surface area contributed by atoms with Crippen molar-refractivity contribution >= 4 is 12.1 Å². The number of likely N-dealkylation sites (tertiary alicyclic amines) is 1. The molecule has 0 bridgehead atoms. The number of carbonyl (C=O) groups excluding carboxylic acids is 2. The van der Waals surface area contributed by atoms with E-state index in [1.54, 1.807) is 12.1 Å². The Morgan fingerprint density at radius 1 is 0.931 bits per heavy atom. The summed E-state index contributed by atoms with van der Waals surface area (Å²) in [6, 6.07) is 7.53. The summed E-state index contributed by atoms with van der Waals surface area (Å²) in [5, 5.41) is 18.4. The zero-order valence-electron chi connectivity index (χ0n) is 17.2. The predicted molar refractivity (Wildman–Crippen MR) is 113 cm³/mol. The van der Waals surface area contributed by atoms with E-state index in [1.807, 2.05) is 17.0 Å². The number of nitrogens with zero attached hydrogens (tertiary/aromatic N) is 1. The first-order chi connectivity index (χ1) is 14.1. The van der Waals surface area contributed by atoms with Gasteiger partial charge in [-0.15, -0.1) is 0 Å². The largest absolute Gasteiger partial charge is 0.508 e. The van der Waals surface area contributed by atoms with Crippen LogP contribution in [0.3, 0.4) is 0 Å². The average Bonchev–Trinajstić information content (AvgIpc) is 2.73. The first-order valence-electron chi connectivity index (χ1n) is 11.0. The van der Waals surface area contributed by atoms with E-state index in [9.17, 15) is 14.7 Å². The Morgan fingerprint density at radius 2 is 1.55 bits per heavy atom. The highest BCUT2D eigenvalue weighted by atomic mass is 16.3. The number of aryl methyl sites for hydroxylation is 1. The molecular formula is C22H34N4O3. The molecule has 1 saturated carbocycles. The lowest BCUT2D eigenvalue weighted by Crippen LogP contribution is -2.52. The van der Waals surface area contributed by atoms with Crippen molar-refractivity contribution in [3.05, 3.63) is 29.8 Å². The van der Waals surface area contributed by atoms with E-state index in [0.29, 0.717) is 25.7 Å². The van der Waals surface area contributed by atoms with Crippen molar-refractivity contribution in [2.24, 2.45) is 0 Å². The smallest absolute Gasteiger partial charge is 0.317 e. The van der Waals surface area contributed by atoms with Crippen molar-refractivity contribution in [1.82, 2.24) is 20.9 Å². The van der Waals surface area contributed by atoms with Crippen molar-refractivity contribution in [3.8, 4) is 5.75 Å². The normalized spacial score (nSPS) is 18.3. The predicted octanol–water partition coefficient (Wildman–Crippen LogP) is 3.13. The zero-order valence-corrected chi connectivity index (χ0v) is 17.2. The van der Waals surface area contributed by atoms with Gasteiger partial charge in [0, 0.05) is 31.7 Å². The maximum absolute atomic E-state index is 12.3. The summed E-state index contributed by atoms with van der Waals surface area (Å²) in [4.78, 5) is 26.3. The minimum absolute atomic E-state index is 0.0270. The molecule has 2 aliphatic rings. The molecule has 7 heteroatoms. The van der Waals surface area contributed by atoms with Crippen LogP contribution in [0, 0.1) is 0 Å². The second kappa shape index (κ2) is 10.9. The van der Waals surface area contributed by atoms with Gasteiger partial charge in [0.15, 0.2) is 0 Å². The lowest BCUT2D eigenvalue weighted by Gasteiger charge is -2.33. The zero-order chi connectivity index (χ0) is 20.5. The second-order valence-corrected chi connectivity index (χ2v) is 8.22. The molecule has 29 heavy (non-hydrogen) atoms. The summed E-state index contributed by atoms with van der Waals surface area (Å²) in [6.07, 6.45) is 9.14. The lowest BCUT2D eigenvalue weighted by molar-refractivity contribution is 0.175. The summed E-state index contributed by atoms with van der Waals surface area (Å²) < 4.78 is 0. The number of rotatable bonds is 6. The van der Waals surface area contributed by atoms with Crippen molar-refractivity contribution in [3.63, 3.8) is 0 Å². The van der Waals surface area contributed by atoms with Gasteiger partial charge in [0.2, 0.25) is 0 Å². The fourth-order valence-electron chi connectivity index (χ4n) is 4.15. The number of hydrogen-bond donors (Lipinski definition) is 4. The van der Waals surface area contributed by atoms with Gasteiger partial charge in [0.05, 0.1) is 0 Å². The maximum atomic E-state index is 12.3. The summed E-state index contributed by atoms with van der Waals surface area (Å²) in [5.41, 5.74) is 1.15. The topological polar surface area (TPSA) is 93.7 Å². The molecule has 0 unspecified atom stereocenters. The molecule has 1 aromatic rings. The maximum Gasteiger partial charge on any atom is 0.317 e. The molecule has 1 aliphatic heterocycles. The molecule has 1 saturated heterocycles. The van der Waals surface area contributed by atoms with E-state index in [2.05, 4.69) is 16.0 Å². The monoisotopic (exact) mass is 402 g/mol. The Kier molecular flexibility index (Phi) is 8.02. The van der Waals surface area contributed by atoms with E-state index >= 15 is 0 Å². The van der Waals surface area contributed by atoms with E-state index in [1.165, 1.54) is 19.3 Å². The third kappa shape index (κ3) is 7.15. The molecule has 1 aliphatic carbocycles. The van der Waals surface area contributed by atoms with Gasteiger partial charge in [-0.25, -0.2) is 9.59 Å². The molecule has 2 fully saturated rings. The van der Waals surface area contributed by atoms with Gasteiger partial charge < -0.3 is 26.0 Å². The summed E-state index contributed by atoms with van der Waals surface area (Å²) in [6.45, 7) is 1.96. The van der Waals surface area contributed by atoms with Crippen LogP contribution in [0.2, 0.25) is 0 Å². The molecule has 1 heterocycles. The number of nitrogens with one attached hydrogen (secondary N) is 3. The number of piperidine rings is 1. The molecule has 7 nitrogen and oxygen atoms in total. The summed E-state index contributed by atoms with van der Waals surface area (Å²) in [5.74, 6) is 0.270. The van der Waals surface area contributed by atoms with Gasteiger partial charge in [-0.05, 0) is 56.2 Å². The Balaban J connectivity index is 1.27. The van der Waals surface area contributed by atoms with E-state index in [-0.39, 0.29) is 23.9 Å². The Hall–Kier alpha value is -2.44. The molecule has 160 valence electrons. The van der Waals surface area contributed by atoms with Gasteiger partial charge in [-0.3, -0.25) is 0 Å². The molecule has 0 radical (unpaired) electrons. The number of urea groups is 2. The SMILES string of the molecule is O=C(NC1CCCCC1)NC1CCN(C(=O)NCCCc2ccc(O)cc2)CC1. The van der Waals surface area contributed by atoms with Crippen molar-refractivity contribution in [1.29, 1.82) is 0 Å². The van der Waals surface area contributed by atoms with Crippen LogP contribution in [-0.2, 0) is 6.42 Å². The van der Waals surface area contributed by atoms with Gasteiger partial charge in [0.1, 0.15) is 5.75 Å². The summed E-state index contributed by atoms with van der Waals surface area (Å²) in [7, 11) is 0. The van der Waals surface area contributed by atoms with Crippen LogP contribution in [0.15, 0.2) is 24.3 Å². The quantitative estimate of drug-likeness (QED) is 0.551. The third-order valence-corrected chi connectivity index (χ3v) is 5.91. The van der Waals surface area contributed by atoms with Crippen LogP contribution < -0.4 is 16.0 Å². The van der Waals surface area contributed by atoms with Crippen LogP contribution in [0.1, 0.15) is 56.9 Å². The van der Waals surface area contributed by atoms with Gasteiger partial charge in [-0.2, -0.15) is 0 Å². The fourth-order valence-corrected chi connectivity index (χ4v) is 4.15. The first kappa shape index (κ1) is 21.3. The summed E-state index contributed by atoms with van der Waals surface area (Å²) >= 11 is 0. The van der Waals surface area contributed by atoms with Gasteiger partial charge >= 0.3 is 12.1 Å². The van der Waals surface area contributed by atoms with E-state index in [0.717, 1.165) is 44.1 Å². The van der Waals surface area contributed by atoms with Crippen LogP contribution >= 0.6 is 0 Å². The van der Waals surface area contributed by atoms with Crippen LogP contribution in [0.5, 0.6) is 5.75 Å². The number of aromatic hydroxyl groups is 1. The number of carbonyl (C=O) groups is 2. The molecule has 3 rings (SSSR count). The molecule has 4 amide bonds. The number of benzene rings is 1. The Morgan fingerprint density at radius 3 is 2.21 bits per heavy atom. The first-order valence-corrected chi connectivity index (χ1v) is 11.0. The molecule has 0 spiro atoms. The number of hydrogen-bond acceptors (Lipinski definition) is 3. The van der Waals surface area contributed by atoms with E-state index < -0.39 is 0 Å². The average molecular weight is 403 g/mol. The molecule has 0 aromatic heterocycles. The number of phenolic OH excluding ortho intramolecular Hbond substituents is 1. The van der Waals surface area contributed by atoms with Crippen molar-refractivity contribution < 1.29 is 14.7 Å². The second-order valence-electron chi connectivity index (χ2n) is 8.22. The van der Waals surface area contributed by atoms with Crippen LogP contribution in [0.25, 0.3) is 0 Å². The minimum Gasteiger partial charge on any atom is -0.508 e. The molecule has 4 N–H and O–H groups in total. The highest BCUT2D eigenvalue weighted by Gasteiger charge is 2.24. The molecule has 0 atom stereocenters. The highest BCUT2D eigenvalue weighted by molar-refractivity contribution is 5.75. The van der Waals surface area contributed by atoms with Crippen molar-refractivity contribution in [2.45, 2.75) is 69.9 Å². The number of phenols is 1.